The molecule has 1 fully saturated rings. The highest BCUT2D eigenvalue weighted by Gasteiger charge is 2.18. The zero-order valence-electron chi connectivity index (χ0n) is 14.9. The number of halogens is 1. The van der Waals surface area contributed by atoms with Crippen LogP contribution in [0.4, 0.5) is 5.69 Å². The lowest BCUT2D eigenvalue weighted by Crippen LogP contribution is -2.18. The minimum atomic E-state index is -0.235. The maximum atomic E-state index is 12.7. The normalized spacial score (nSPS) is 16.3. The molecule has 1 aliphatic heterocycles. The Morgan fingerprint density at radius 2 is 2.15 bits per heavy atom. The third-order valence-electron chi connectivity index (χ3n) is 4.25. The van der Waals surface area contributed by atoms with Crippen molar-refractivity contribution < 1.29 is 19.0 Å². The quantitative estimate of drug-likeness (QED) is 0.744. The van der Waals surface area contributed by atoms with Gasteiger partial charge in [-0.2, -0.15) is 0 Å². The van der Waals surface area contributed by atoms with Gasteiger partial charge in [-0.15, -0.1) is 0 Å². The summed E-state index contributed by atoms with van der Waals surface area (Å²) in [6.45, 7) is 3.26. The number of aryl methyl sites for hydroxylation is 1. The summed E-state index contributed by atoms with van der Waals surface area (Å²) in [6, 6.07) is 11.0. The Balaban J connectivity index is 1.77. The number of hydrogen-bond donors (Lipinski definition) is 1. The number of methoxy groups -OCH3 is 1. The number of ether oxygens (including phenoxy) is 3. The van der Waals surface area contributed by atoms with Crippen LogP contribution in [-0.2, 0) is 4.74 Å². The van der Waals surface area contributed by atoms with Gasteiger partial charge in [0.25, 0.3) is 5.91 Å². The summed E-state index contributed by atoms with van der Waals surface area (Å²) in [7, 11) is 1.57. The highest BCUT2D eigenvalue weighted by molar-refractivity contribution is 9.10. The molecule has 1 N–H and O–H groups in total. The predicted octanol–water partition coefficient (Wildman–Crippen LogP) is 4.58. The van der Waals surface area contributed by atoms with Crippen molar-refractivity contribution in [1.29, 1.82) is 0 Å². The first-order chi connectivity index (χ1) is 12.6. The molecule has 6 heteroatoms. The smallest absolute Gasteiger partial charge is 0.257 e. The van der Waals surface area contributed by atoms with Gasteiger partial charge in [0.05, 0.1) is 24.5 Å². The van der Waals surface area contributed by atoms with Crippen LogP contribution in [-0.4, -0.2) is 32.3 Å². The van der Waals surface area contributed by atoms with Gasteiger partial charge in [-0.05, 0) is 71.6 Å². The summed E-state index contributed by atoms with van der Waals surface area (Å²) in [5.74, 6) is 1.03. The van der Waals surface area contributed by atoms with Crippen molar-refractivity contribution in [1.82, 2.24) is 0 Å². The Hall–Kier alpha value is -2.05. The molecular weight excluding hydrogens is 398 g/mol. The van der Waals surface area contributed by atoms with Crippen molar-refractivity contribution in [2.24, 2.45) is 0 Å². The van der Waals surface area contributed by atoms with Crippen LogP contribution in [0.15, 0.2) is 40.9 Å². The Labute approximate surface area is 161 Å². The zero-order chi connectivity index (χ0) is 18.5. The van der Waals surface area contributed by atoms with E-state index in [2.05, 4.69) is 21.2 Å². The van der Waals surface area contributed by atoms with E-state index in [4.69, 9.17) is 14.2 Å². The van der Waals surface area contributed by atoms with E-state index in [0.29, 0.717) is 33.8 Å². The van der Waals surface area contributed by atoms with E-state index in [1.165, 1.54) is 0 Å². The maximum absolute atomic E-state index is 12.7. The van der Waals surface area contributed by atoms with Crippen molar-refractivity contribution >= 4 is 27.5 Å². The maximum Gasteiger partial charge on any atom is 0.257 e. The molecule has 0 aromatic heterocycles. The average Bonchev–Trinajstić information content (AvgIpc) is 3.15. The third-order valence-corrected chi connectivity index (χ3v) is 4.94. The van der Waals surface area contributed by atoms with Crippen LogP contribution in [0, 0.1) is 6.92 Å². The fourth-order valence-electron chi connectivity index (χ4n) is 2.81. The molecule has 0 saturated carbocycles. The van der Waals surface area contributed by atoms with E-state index in [1.807, 2.05) is 25.1 Å². The van der Waals surface area contributed by atoms with Crippen molar-refractivity contribution in [3.05, 3.63) is 52.0 Å². The number of hydrogen-bond acceptors (Lipinski definition) is 4. The van der Waals surface area contributed by atoms with Crippen molar-refractivity contribution in [2.45, 2.75) is 25.9 Å². The summed E-state index contributed by atoms with van der Waals surface area (Å²) >= 11 is 3.41. The summed E-state index contributed by atoms with van der Waals surface area (Å²) in [5, 5.41) is 2.93. The van der Waals surface area contributed by atoms with Crippen LogP contribution in [0.2, 0.25) is 0 Å². The highest BCUT2D eigenvalue weighted by atomic mass is 79.9. The molecule has 1 heterocycles. The van der Waals surface area contributed by atoms with Crippen LogP contribution in [0.25, 0.3) is 0 Å². The molecule has 0 bridgehead atoms. The molecule has 1 amide bonds. The molecule has 1 saturated heterocycles. The van der Waals surface area contributed by atoms with Crippen LogP contribution in [0.3, 0.4) is 0 Å². The van der Waals surface area contributed by atoms with E-state index in [9.17, 15) is 4.79 Å². The summed E-state index contributed by atoms with van der Waals surface area (Å²) in [6.07, 6.45) is 2.19. The van der Waals surface area contributed by atoms with Crippen LogP contribution in [0.1, 0.15) is 28.8 Å². The van der Waals surface area contributed by atoms with Gasteiger partial charge >= 0.3 is 0 Å². The first-order valence-electron chi connectivity index (χ1n) is 8.57. The first-order valence-corrected chi connectivity index (χ1v) is 9.36. The average molecular weight is 420 g/mol. The van der Waals surface area contributed by atoms with E-state index in [0.717, 1.165) is 25.0 Å². The standard InChI is InChI=1S/C20H22BrNO4/c1-13-5-8-18(19(10-13)26-12-15-4-3-9-25-15)22-20(23)16-11-14(24-2)6-7-17(16)21/h5-8,10-11,15H,3-4,9,12H2,1-2H3,(H,22,23). The molecule has 0 radical (unpaired) electrons. The van der Waals surface area contributed by atoms with Crippen molar-refractivity contribution in [3.63, 3.8) is 0 Å². The van der Waals surface area contributed by atoms with Gasteiger partial charge in [-0.25, -0.2) is 0 Å². The lowest BCUT2D eigenvalue weighted by atomic mass is 10.1. The molecular formula is C20H22BrNO4. The molecule has 26 heavy (non-hydrogen) atoms. The van der Waals surface area contributed by atoms with Gasteiger partial charge in [0, 0.05) is 11.1 Å². The summed E-state index contributed by atoms with van der Waals surface area (Å²) in [4.78, 5) is 12.7. The topological polar surface area (TPSA) is 56.8 Å². The monoisotopic (exact) mass is 419 g/mol. The molecule has 2 aromatic carbocycles. The van der Waals surface area contributed by atoms with Gasteiger partial charge in [0.2, 0.25) is 0 Å². The minimum Gasteiger partial charge on any atom is -0.497 e. The van der Waals surface area contributed by atoms with Gasteiger partial charge in [-0.1, -0.05) is 6.07 Å². The number of carbonyl (C=O) groups excluding carboxylic acids is 1. The zero-order valence-corrected chi connectivity index (χ0v) is 16.5. The van der Waals surface area contributed by atoms with Crippen molar-refractivity contribution in [2.75, 3.05) is 25.6 Å². The molecule has 138 valence electrons. The van der Waals surface area contributed by atoms with E-state index in [1.54, 1.807) is 25.3 Å². The first kappa shape index (κ1) is 18.7. The van der Waals surface area contributed by atoms with Gasteiger partial charge in [0.1, 0.15) is 18.1 Å². The molecule has 2 aromatic rings. The molecule has 3 rings (SSSR count). The number of rotatable bonds is 6. The van der Waals surface area contributed by atoms with Gasteiger partial charge < -0.3 is 19.5 Å². The van der Waals surface area contributed by atoms with E-state index >= 15 is 0 Å². The molecule has 0 aliphatic carbocycles. The fraction of sp³-hybridized carbons (Fsp3) is 0.350. The molecule has 0 spiro atoms. The molecule has 5 nitrogen and oxygen atoms in total. The lowest BCUT2D eigenvalue weighted by Gasteiger charge is -2.16. The van der Waals surface area contributed by atoms with Crippen LogP contribution in [0.5, 0.6) is 11.5 Å². The second kappa shape index (κ2) is 8.56. The molecule has 1 aliphatic rings. The second-order valence-electron chi connectivity index (χ2n) is 6.25. The largest absolute Gasteiger partial charge is 0.497 e. The van der Waals surface area contributed by atoms with Gasteiger partial charge in [-0.3, -0.25) is 4.79 Å². The Morgan fingerprint density at radius 3 is 2.88 bits per heavy atom. The number of carbonyl (C=O) groups is 1. The van der Waals surface area contributed by atoms with Crippen LogP contribution < -0.4 is 14.8 Å². The highest BCUT2D eigenvalue weighted by Crippen LogP contribution is 2.29. The number of amides is 1. The summed E-state index contributed by atoms with van der Waals surface area (Å²) < 4.78 is 17.4. The third kappa shape index (κ3) is 4.56. The van der Waals surface area contributed by atoms with E-state index in [-0.39, 0.29) is 12.0 Å². The number of nitrogens with one attached hydrogen (secondary N) is 1. The molecule has 1 unspecified atom stereocenters. The SMILES string of the molecule is COc1ccc(Br)c(C(=O)Nc2ccc(C)cc2OCC2CCCO2)c1. The Kier molecular flexibility index (Phi) is 6.16. The minimum absolute atomic E-state index is 0.117. The number of benzene rings is 2. The summed E-state index contributed by atoms with van der Waals surface area (Å²) in [5.41, 5.74) is 2.19. The second-order valence-corrected chi connectivity index (χ2v) is 7.10. The van der Waals surface area contributed by atoms with Gasteiger partial charge in [0.15, 0.2) is 0 Å². The number of anilines is 1. The lowest BCUT2D eigenvalue weighted by molar-refractivity contribution is 0.0681. The predicted molar refractivity (Wildman–Crippen MR) is 104 cm³/mol. The Bertz CT molecular complexity index is 787. The Morgan fingerprint density at radius 1 is 1.31 bits per heavy atom. The molecule has 1 atom stereocenters. The van der Waals surface area contributed by atoms with E-state index < -0.39 is 0 Å². The van der Waals surface area contributed by atoms with Crippen LogP contribution >= 0.6 is 15.9 Å². The van der Waals surface area contributed by atoms with Crippen molar-refractivity contribution in [3.8, 4) is 11.5 Å². The fourth-order valence-corrected chi connectivity index (χ4v) is 3.23.